The van der Waals surface area contributed by atoms with Gasteiger partial charge < -0.3 is 4.74 Å². The molecule has 0 aromatic heterocycles. The van der Waals surface area contributed by atoms with E-state index in [1.807, 2.05) is 0 Å². The summed E-state index contributed by atoms with van der Waals surface area (Å²) in [5, 5.41) is 0. The predicted molar refractivity (Wildman–Crippen MR) is 40.5 cm³/mol. The summed E-state index contributed by atoms with van der Waals surface area (Å²) in [6.45, 7) is 3.82. The fraction of sp³-hybridized carbons (Fsp3) is 0.500. The molecule has 0 bridgehead atoms. The first-order chi connectivity index (χ1) is 4.31. The van der Waals surface area contributed by atoms with Gasteiger partial charge in [0.15, 0.2) is 0 Å². The summed E-state index contributed by atoms with van der Waals surface area (Å²) in [5.74, 6) is -0.315. The number of ether oxygens (including phenoxy) is 1. The van der Waals surface area contributed by atoms with Crippen molar-refractivity contribution in [2.75, 3.05) is 6.61 Å². The van der Waals surface area contributed by atoms with Crippen LogP contribution in [0.4, 0.5) is 0 Å². The first kappa shape index (κ1) is 8.43. The van der Waals surface area contributed by atoms with E-state index in [1.54, 1.807) is 0 Å². The summed E-state index contributed by atoms with van der Waals surface area (Å²) in [5.41, 5.74) is 0. The molecule has 3 heteroatoms. The van der Waals surface area contributed by atoms with Gasteiger partial charge in [0.2, 0.25) is 0 Å². The van der Waals surface area contributed by atoms with Gasteiger partial charge in [-0.25, -0.2) is 4.79 Å². The molecule has 0 rings (SSSR count). The molecule has 0 amide bonds. The molecule has 0 heterocycles. The van der Waals surface area contributed by atoms with Crippen LogP contribution < -0.4 is 0 Å². The molecular weight excluding hydrogens is 132 g/mol. The highest BCUT2D eigenvalue weighted by Gasteiger charge is 1.91. The van der Waals surface area contributed by atoms with Crippen molar-refractivity contribution in [2.24, 2.45) is 0 Å². The van der Waals surface area contributed by atoms with Gasteiger partial charge in [-0.05, 0) is 6.42 Å². The molecule has 52 valence electrons. The molecule has 0 aromatic carbocycles. The first-order valence-electron chi connectivity index (χ1n) is 3.10. The number of carbonyl (C=O) groups is 1. The van der Waals surface area contributed by atoms with E-state index in [4.69, 9.17) is 4.74 Å². The smallest absolute Gasteiger partial charge is 0.330 e. The van der Waals surface area contributed by atoms with Crippen LogP contribution in [0, 0.1) is 0 Å². The highest BCUT2D eigenvalue weighted by molar-refractivity contribution is 6.08. The summed E-state index contributed by atoms with van der Waals surface area (Å²) < 4.78 is 4.70. The van der Waals surface area contributed by atoms with E-state index in [0.29, 0.717) is 6.61 Å². The van der Waals surface area contributed by atoms with Crippen molar-refractivity contribution >= 4 is 16.2 Å². The van der Waals surface area contributed by atoms with Gasteiger partial charge >= 0.3 is 5.97 Å². The van der Waals surface area contributed by atoms with Gasteiger partial charge in [0, 0.05) is 16.3 Å². The Morgan fingerprint density at radius 2 is 2.44 bits per heavy atom. The summed E-state index contributed by atoms with van der Waals surface area (Å²) in [4.78, 5) is 10.4. The van der Waals surface area contributed by atoms with Gasteiger partial charge in [0.05, 0.1) is 6.61 Å². The Bertz CT molecular complexity index is 101. The Labute approximate surface area is 58.3 Å². The molecule has 9 heavy (non-hydrogen) atoms. The SMILES string of the molecule is C=CC(=O)OCCC[SiH3]. The van der Waals surface area contributed by atoms with Gasteiger partial charge in [-0.3, -0.25) is 0 Å². The molecule has 2 nitrogen and oxygen atoms in total. The van der Waals surface area contributed by atoms with E-state index >= 15 is 0 Å². The molecule has 0 fully saturated rings. The third-order valence-corrected chi connectivity index (χ3v) is 1.62. The molecule has 0 N–H and O–H groups in total. The minimum atomic E-state index is -0.315. The molecule has 0 atom stereocenters. The van der Waals surface area contributed by atoms with Crippen molar-refractivity contribution < 1.29 is 9.53 Å². The molecule has 0 radical (unpaired) electrons. The largest absolute Gasteiger partial charge is 0.463 e. The summed E-state index contributed by atoms with van der Waals surface area (Å²) in [6.07, 6.45) is 2.18. The molecule has 0 unspecified atom stereocenters. The van der Waals surface area contributed by atoms with Crippen LogP contribution >= 0.6 is 0 Å². The molecule has 0 saturated carbocycles. The first-order valence-corrected chi connectivity index (χ1v) is 4.52. The van der Waals surface area contributed by atoms with Gasteiger partial charge in [-0.15, -0.1) is 0 Å². The zero-order valence-electron chi connectivity index (χ0n) is 5.72. The fourth-order valence-electron chi connectivity index (χ4n) is 0.376. The highest BCUT2D eigenvalue weighted by Crippen LogP contribution is 1.86. The lowest BCUT2D eigenvalue weighted by molar-refractivity contribution is -0.137. The highest BCUT2D eigenvalue weighted by atomic mass is 28.1. The molecule has 0 aromatic rings. The van der Waals surface area contributed by atoms with E-state index in [2.05, 4.69) is 6.58 Å². The maximum Gasteiger partial charge on any atom is 0.330 e. The maximum atomic E-state index is 10.4. The Kier molecular flexibility index (Phi) is 5.21. The van der Waals surface area contributed by atoms with Crippen molar-refractivity contribution in [2.45, 2.75) is 12.5 Å². The quantitative estimate of drug-likeness (QED) is 0.238. The molecule has 0 aliphatic carbocycles. The van der Waals surface area contributed by atoms with Crippen LogP contribution in [0.5, 0.6) is 0 Å². The molecule has 0 aliphatic rings. The molecule has 0 saturated heterocycles. The number of hydrogen-bond donors (Lipinski definition) is 0. The second kappa shape index (κ2) is 5.56. The molecular formula is C6H12O2Si. The predicted octanol–water partition coefficient (Wildman–Crippen LogP) is -0.111. The van der Waals surface area contributed by atoms with Crippen LogP contribution in [0.2, 0.25) is 6.04 Å². The lowest BCUT2D eigenvalue weighted by Gasteiger charge is -1.97. The average molecular weight is 144 g/mol. The van der Waals surface area contributed by atoms with Crippen molar-refractivity contribution in [1.82, 2.24) is 0 Å². The van der Waals surface area contributed by atoms with Crippen LogP contribution in [0.1, 0.15) is 6.42 Å². The van der Waals surface area contributed by atoms with E-state index < -0.39 is 0 Å². The summed E-state index contributed by atoms with van der Waals surface area (Å²) in [7, 11) is 1.18. The lowest BCUT2D eigenvalue weighted by Crippen LogP contribution is -2.00. The van der Waals surface area contributed by atoms with Crippen LogP contribution in [0.25, 0.3) is 0 Å². The van der Waals surface area contributed by atoms with E-state index in [0.717, 1.165) is 6.42 Å². The summed E-state index contributed by atoms with van der Waals surface area (Å²) >= 11 is 0. The topological polar surface area (TPSA) is 26.3 Å². The number of rotatable bonds is 4. The van der Waals surface area contributed by atoms with Crippen molar-refractivity contribution in [1.29, 1.82) is 0 Å². The van der Waals surface area contributed by atoms with Gasteiger partial charge in [-0.1, -0.05) is 12.6 Å². The second-order valence-corrected chi connectivity index (χ2v) is 2.73. The zero-order chi connectivity index (χ0) is 7.11. The lowest BCUT2D eigenvalue weighted by atomic mass is 10.5. The van der Waals surface area contributed by atoms with Gasteiger partial charge in [-0.2, -0.15) is 0 Å². The van der Waals surface area contributed by atoms with E-state index in [-0.39, 0.29) is 5.97 Å². The van der Waals surface area contributed by atoms with Crippen LogP contribution in [-0.2, 0) is 9.53 Å². The van der Waals surface area contributed by atoms with E-state index in [9.17, 15) is 4.79 Å². The minimum Gasteiger partial charge on any atom is -0.463 e. The Morgan fingerprint density at radius 1 is 1.78 bits per heavy atom. The minimum absolute atomic E-state index is 0.315. The van der Waals surface area contributed by atoms with E-state index in [1.165, 1.54) is 22.4 Å². The number of carbonyl (C=O) groups excluding carboxylic acids is 1. The maximum absolute atomic E-state index is 10.4. The third kappa shape index (κ3) is 5.30. The van der Waals surface area contributed by atoms with Crippen LogP contribution in [0.3, 0.4) is 0 Å². The van der Waals surface area contributed by atoms with Crippen molar-refractivity contribution in [3.63, 3.8) is 0 Å². The number of esters is 1. The van der Waals surface area contributed by atoms with Crippen LogP contribution in [0.15, 0.2) is 12.7 Å². The van der Waals surface area contributed by atoms with Crippen molar-refractivity contribution in [3.05, 3.63) is 12.7 Å². The standard InChI is InChI=1S/C6H12O2Si/c1-2-6(7)8-4-3-5-9/h2H,1,3-5H2,9H3. The zero-order valence-corrected chi connectivity index (χ0v) is 7.72. The number of hydrogen-bond acceptors (Lipinski definition) is 2. The van der Waals surface area contributed by atoms with Crippen molar-refractivity contribution in [3.8, 4) is 0 Å². The Hall–Kier alpha value is -0.573. The fourth-order valence-corrected chi connectivity index (χ4v) is 0.665. The average Bonchev–Trinajstić information content (AvgIpc) is 1.89. The van der Waals surface area contributed by atoms with Gasteiger partial charge in [0.1, 0.15) is 0 Å². The normalized spacial score (nSPS) is 8.89. The Morgan fingerprint density at radius 3 is 2.89 bits per heavy atom. The van der Waals surface area contributed by atoms with Gasteiger partial charge in [0.25, 0.3) is 0 Å². The monoisotopic (exact) mass is 144 g/mol. The molecule has 0 aliphatic heterocycles. The Balaban J connectivity index is 3.07. The third-order valence-electron chi connectivity index (χ3n) is 0.909. The molecule has 0 spiro atoms. The van der Waals surface area contributed by atoms with Crippen LogP contribution in [-0.4, -0.2) is 22.8 Å². The summed E-state index contributed by atoms with van der Waals surface area (Å²) in [6, 6.07) is 1.18. The second-order valence-electron chi connectivity index (χ2n) is 1.73.